The third-order valence-corrected chi connectivity index (χ3v) is 4.13. The molecule has 0 saturated carbocycles. The first kappa shape index (κ1) is 18.4. The predicted molar refractivity (Wildman–Crippen MR) is 114 cm³/mol. The van der Waals surface area contributed by atoms with E-state index < -0.39 is 0 Å². The number of hydrogen-bond donors (Lipinski definition) is 0. The molecule has 2 heteroatoms. The van der Waals surface area contributed by atoms with Crippen molar-refractivity contribution >= 4 is 37.4 Å². The highest BCUT2D eigenvalue weighted by atomic mass is 79.9. The van der Waals surface area contributed by atoms with Crippen LogP contribution in [-0.4, -0.2) is 0 Å². The average molecular weight is 442 g/mol. The van der Waals surface area contributed by atoms with Crippen LogP contribution in [0.5, 0.6) is 0 Å². The van der Waals surface area contributed by atoms with Crippen molar-refractivity contribution in [3.8, 4) is 0 Å². The molecule has 1 aliphatic carbocycles. The lowest BCUT2D eigenvalue weighted by molar-refractivity contribution is 1.61. The van der Waals surface area contributed by atoms with Crippen LogP contribution in [0.25, 0.3) is 5.57 Å². The van der Waals surface area contributed by atoms with Crippen LogP contribution in [0.3, 0.4) is 0 Å². The Morgan fingerprint density at radius 1 is 0.542 bits per heavy atom. The second-order valence-corrected chi connectivity index (χ2v) is 6.77. The summed E-state index contributed by atoms with van der Waals surface area (Å²) in [5, 5.41) is 0. The van der Waals surface area contributed by atoms with Crippen LogP contribution in [0.4, 0.5) is 0 Å². The predicted octanol–water partition coefficient (Wildman–Crippen LogP) is 7.42. The van der Waals surface area contributed by atoms with E-state index in [4.69, 9.17) is 0 Å². The maximum Gasteiger partial charge on any atom is 0.0181 e. The van der Waals surface area contributed by atoms with Crippen molar-refractivity contribution < 1.29 is 0 Å². The van der Waals surface area contributed by atoms with E-state index in [0.717, 1.165) is 14.5 Å². The van der Waals surface area contributed by atoms with E-state index in [1.807, 2.05) is 85.0 Å². The Morgan fingerprint density at radius 2 is 1.12 bits per heavy atom. The topological polar surface area (TPSA) is 0 Å². The Kier molecular flexibility index (Phi) is 8.29. The van der Waals surface area contributed by atoms with Crippen LogP contribution in [0.2, 0.25) is 0 Å². The maximum absolute atomic E-state index is 3.62. The van der Waals surface area contributed by atoms with Gasteiger partial charge in [-0.05, 0) is 35.4 Å². The van der Waals surface area contributed by atoms with E-state index in [1.54, 1.807) is 0 Å². The zero-order valence-electron chi connectivity index (χ0n) is 13.1. The normalized spacial score (nSPS) is 29.0. The number of rotatable bonds is 1. The van der Waals surface area contributed by atoms with E-state index in [1.165, 1.54) is 5.56 Å². The molecule has 0 radical (unpaired) electrons. The van der Waals surface area contributed by atoms with Gasteiger partial charge >= 0.3 is 0 Å². The summed E-state index contributed by atoms with van der Waals surface area (Å²) in [4.78, 5) is 0. The summed E-state index contributed by atoms with van der Waals surface area (Å²) in [7, 11) is 0. The summed E-state index contributed by atoms with van der Waals surface area (Å²) >= 11 is 7.13. The molecule has 0 N–H and O–H groups in total. The van der Waals surface area contributed by atoms with E-state index in [2.05, 4.69) is 56.1 Å². The molecule has 24 heavy (non-hydrogen) atoms. The summed E-state index contributed by atoms with van der Waals surface area (Å²) in [5.74, 6) is 0. The molecule has 0 spiro atoms. The van der Waals surface area contributed by atoms with E-state index in [-0.39, 0.29) is 0 Å². The van der Waals surface area contributed by atoms with Crippen LogP contribution < -0.4 is 0 Å². The highest BCUT2D eigenvalue weighted by Crippen LogP contribution is 2.21. The van der Waals surface area contributed by atoms with E-state index >= 15 is 0 Å². The number of benzene rings is 1. The Bertz CT molecular complexity index is 767. The van der Waals surface area contributed by atoms with E-state index in [9.17, 15) is 0 Å². The smallest absolute Gasteiger partial charge is 0.0181 e. The van der Waals surface area contributed by atoms with Gasteiger partial charge in [-0.25, -0.2) is 0 Å². The molecule has 0 saturated heterocycles. The average Bonchev–Trinajstić information content (AvgIpc) is 2.60. The molecule has 120 valence electrons. The first-order chi connectivity index (χ1) is 11.8. The van der Waals surface area contributed by atoms with Gasteiger partial charge in [-0.2, -0.15) is 0 Å². The third kappa shape index (κ3) is 7.12. The van der Waals surface area contributed by atoms with Crippen LogP contribution in [-0.2, 0) is 0 Å². The second kappa shape index (κ2) is 10.8. The Balaban J connectivity index is 2.37. The minimum absolute atomic E-state index is 1.01. The molecule has 0 aromatic heterocycles. The molecule has 0 heterocycles. The lowest BCUT2D eigenvalue weighted by atomic mass is 10.0. The van der Waals surface area contributed by atoms with Crippen molar-refractivity contribution in [1.29, 1.82) is 0 Å². The SMILES string of the molecule is BrC1=C/C(c2ccccc2)=C\C=C\C=C/C=C\C=C(Br)/C=C/C=C\1. The number of halogens is 2. The Morgan fingerprint density at radius 3 is 1.83 bits per heavy atom. The van der Waals surface area contributed by atoms with Gasteiger partial charge in [0, 0.05) is 8.96 Å². The van der Waals surface area contributed by atoms with Crippen molar-refractivity contribution in [2.75, 3.05) is 0 Å². The second-order valence-electron chi connectivity index (χ2n) is 4.94. The van der Waals surface area contributed by atoms with Crippen molar-refractivity contribution in [3.05, 3.63) is 124 Å². The summed E-state index contributed by atoms with van der Waals surface area (Å²) in [6.45, 7) is 0. The quantitative estimate of drug-likeness (QED) is 0.425. The Hall–Kier alpha value is -1.90. The van der Waals surface area contributed by atoms with Gasteiger partial charge in [-0.15, -0.1) is 0 Å². The fraction of sp³-hybridized carbons (Fsp3) is 0. The minimum atomic E-state index is 1.01. The maximum atomic E-state index is 3.62. The molecule has 0 unspecified atom stereocenters. The summed E-state index contributed by atoms with van der Waals surface area (Å²) < 4.78 is 2.03. The summed E-state index contributed by atoms with van der Waals surface area (Å²) in [6, 6.07) is 10.3. The number of allylic oxidation sites excluding steroid dienone is 16. The van der Waals surface area contributed by atoms with Crippen molar-refractivity contribution in [1.82, 2.24) is 0 Å². The molecular weight excluding hydrogens is 424 g/mol. The van der Waals surface area contributed by atoms with Gasteiger partial charge in [-0.1, -0.05) is 117 Å². The van der Waals surface area contributed by atoms with E-state index in [0.29, 0.717) is 0 Å². The summed E-state index contributed by atoms with van der Waals surface area (Å²) in [5.41, 5.74) is 2.32. The highest BCUT2D eigenvalue weighted by Gasteiger charge is 1.97. The van der Waals surface area contributed by atoms with Gasteiger partial charge in [0.1, 0.15) is 0 Å². The largest absolute Gasteiger partial charge is 0.0623 e. The van der Waals surface area contributed by atoms with Gasteiger partial charge in [0.2, 0.25) is 0 Å². The fourth-order valence-corrected chi connectivity index (χ4v) is 2.67. The molecule has 0 bridgehead atoms. The number of hydrogen-bond acceptors (Lipinski definition) is 0. The van der Waals surface area contributed by atoms with Crippen molar-refractivity contribution in [2.24, 2.45) is 0 Å². The molecule has 2 rings (SSSR count). The van der Waals surface area contributed by atoms with Crippen LogP contribution >= 0.6 is 31.9 Å². The molecule has 0 nitrogen and oxygen atoms in total. The van der Waals surface area contributed by atoms with Crippen LogP contribution in [0.15, 0.2) is 118 Å². The first-order valence-corrected chi connectivity index (χ1v) is 9.19. The van der Waals surface area contributed by atoms with Crippen molar-refractivity contribution in [3.63, 3.8) is 0 Å². The minimum Gasteiger partial charge on any atom is -0.0623 e. The van der Waals surface area contributed by atoms with Crippen LogP contribution in [0, 0.1) is 0 Å². The molecule has 0 amide bonds. The third-order valence-electron chi connectivity index (χ3n) is 3.11. The molecular formula is C22H18Br2. The molecule has 0 atom stereocenters. The lowest BCUT2D eigenvalue weighted by Crippen LogP contribution is -1.80. The molecule has 1 aromatic rings. The van der Waals surface area contributed by atoms with Gasteiger partial charge in [0.05, 0.1) is 0 Å². The molecule has 1 aromatic carbocycles. The van der Waals surface area contributed by atoms with Gasteiger partial charge < -0.3 is 0 Å². The summed E-state index contributed by atoms with van der Waals surface area (Å²) in [6.07, 6.45) is 26.3. The monoisotopic (exact) mass is 440 g/mol. The van der Waals surface area contributed by atoms with Crippen molar-refractivity contribution in [2.45, 2.75) is 0 Å². The molecule has 0 fully saturated rings. The Labute approximate surface area is 160 Å². The van der Waals surface area contributed by atoms with Gasteiger partial charge in [0.15, 0.2) is 0 Å². The van der Waals surface area contributed by atoms with Crippen LogP contribution in [0.1, 0.15) is 5.56 Å². The zero-order valence-corrected chi connectivity index (χ0v) is 16.3. The molecule has 0 aliphatic heterocycles. The van der Waals surface area contributed by atoms with Gasteiger partial charge in [-0.3, -0.25) is 0 Å². The molecule has 1 aliphatic rings. The standard InChI is InChI=1S/C22H18Br2/c23-21-15-9-4-2-1-3-6-14-20(19-12-7-5-8-13-19)18-22(24)17-11-10-16-21/h1-18H/b2-1-,3-1?,4-2?,6-3+,9-4-,11-10?,14-6?,15-9?,16-10+,17-11-,20-14+,20-18?,21-15+,21-16?,22-17?,22-18+. The fourth-order valence-electron chi connectivity index (χ4n) is 1.97. The van der Waals surface area contributed by atoms with Gasteiger partial charge in [0.25, 0.3) is 0 Å². The lowest BCUT2D eigenvalue weighted by Gasteiger charge is -2.02. The zero-order chi connectivity index (χ0) is 17.0. The first-order valence-electron chi connectivity index (χ1n) is 7.60. The highest BCUT2D eigenvalue weighted by molar-refractivity contribution is 9.12.